The van der Waals surface area contributed by atoms with E-state index in [1.54, 1.807) is 12.1 Å². The smallest absolute Gasteiger partial charge is 0.243 e. The number of hydrogen-bond acceptors (Lipinski definition) is 5. The van der Waals surface area contributed by atoms with E-state index in [2.05, 4.69) is 0 Å². The van der Waals surface area contributed by atoms with E-state index in [4.69, 9.17) is 15.2 Å². The Hall–Kier alpha value is -1.15. The van der Waals surface area contributed by atoms with E-state index in [-0.39, 0.29) is 17.5 Å². The molecule has 1 aliphatic rings. The average Bonchev–Trinajstić information content (AvgIpc) is 2.47. The lowest BCUT2D eigenvalue weighted by molar-refractivity contribution is 0.0358. The standard InChI is InChI=1S/C12H18N2O4S/c1-17-11-2-4-12(5-3-11)19(15,16)14-6-7-18-9-10(14)8-13/h2-5,10H,6-9,13H2,1H3. The van der Waals surface area contributed by atoms with Crippen molar-refractivity contribution >= 4 is 10.0 Å². The maximum Gasteiger partial charge on any atom is 0.243 e. The predicted octanol–water partition coefficient (Wildman–Crippen LogP) is 0.0434. The topological polar surface area (TPSA) is 81.9 Å². The molecule has 1 aliphatic heterocycles. The quantitative estimate of drug-likeness (QED) is 0.845. The van der Waals surface area contributed by atoms with Gasteiger partial charge < -0.3 is 15.2 Å². The molecule has 2 rings (SSSR count). The molecular formula is C12H18N2O4S. The molecule has 1 heterocycles. The van der Waals surface area contributed by atoms with Crippen molar-refractivity contribution in [3.05, 3.63) is 24.3 Å². The molecule has 0 aliphatic carbocycles. The molecule has 0 bridgehead atoms. The summed E-state index contributed by atoms with van der Waals surface area (Å²) in [6, 6.07) is 6.03. The maximum atomic E-state index is 12.5. The van der Waals surface area contributed by atoms with Gasteiger partial charge in [0.25, 0.3) is 0 Å². The highest BCUT2D eigenvalue weighted by Crippen LogP contribution is 2.22. The molecule has 1 unspecified atom stereocenters. The minimum Gasteiger partial charge on any atom is -0.497 e. The molecule has 1 aromatic carbocycles. The van der Waals surface area contributed by atoms with Gasteiger partial charge in [-0.15, -0.1) is 0 Å². The van der Waals surface area contributed by atoms with Gasteiger partial charge in [-0.25, -0.2) is 8.42 Å². The summed E-state index contributed by atoms with van der Waals surface area (Å²) in [5, 5.41) is 0. The molecule has 1 saturated heterocycles. The van der Waals surface area contributed by atoms with Gasteiger partial charge in [0.15, 0.2) is 0 Å². The molecule has 0 saturated carbocycles. The highest BCUT2D eigenvalue weighted by molar-refractivity contribution is 7.89. The van der Waals surface area contributed by atoms with Crippen LogP contribution in [0.4, 0.5) is 0 Å². The summed E-state index contributed by atoms with van der Waals surface area (Å²) in [5.74, 6) is 0.622. The van der Waals surface area contributed by atoms with Gasteiger partial charge in [0.05, 0.1) is 31.3 Å². The Morgan fingerprint density at radius 3 is 2.68 bits per heavy atom. The summed E-state index contributed by atoms with van der Waals surface area (Å²) in [5.41, 5.74) is 5.61. The largest absolute Gasteiger partial charge is 0.497 e. The monoisotopic (exact) mass is 286 g/mol. The van der Waals surface area contributed by atoms with Crippen LogP contribution in [-0.4, -0.2) is 52.2 Å². The third-order valence-corrected chi connectivity index (χ3v) is 5.08. The number of rotatable bonds is 4. The second-order valence-corrected chi connectivity index (χ2v) is 6.15. The molecule has 0 radical (unpaired) electrons. The lowest BCUT2D eigenvalue weighted by Gasteiger charge is -2.33. The number of nitrogens with zero attached hydrogens (tertiary/aromatic N) is 1. The number of ether oxygens (including phenoxy) is 2. The number of benzene rings is 1. The molecule has 1 fully saturated rings. The second-order valence-electron chi connectivity index (χ2n) is 4.26. The summed E-state index contributed by atoms with van der Waals surface area (Å²) >= 11 is 0. The summed E-state index contributed by atoms with van der Waals surface area (Å²) in [6.45, 7) is 1.31. The van der Waals surface area contributed by atoms with Crippen molar-refractivity contribution in [2.24, 2.45) is 5.73 Å². The molecular weight excluding hydrogens is 268 g/mol. The molecule has 7 heteroatoms. The predicted molar refractivity (Wildman–Crippen MR) is 70.5 cm³/mol. The fourth-order valence-corrected chi connectivity index (χ4v) is 3.63. The van der Waals surface area contributed by atoms with Crippen molar-refractivity contribution in [2.75, 3.05) is 33.4 Å². The van der Waals surface area contributed by atoms with Gasteiger partial charge in [-0.05, 0) is 24.3 Å². The van der Waals surface area contributed by atoms with Crippen LogP contribution >= 0.6 is 0 Å². The first-order valence-corrected chi connectivity index (χ1v) is 7.47. The van der Waals surface area contributed by atoms with E-state index in [0.29, 0.717) is 25.5 Å². The number of nitrogens with two attached hydrogens (primary N) is 1. The fraction of sp³-hybridized carbons (Fsp3) is 0.500. The molecule has 0 aromatic heterocycles. The maximum absolute atomic E-state index is 12.5. The van der Waals surface area contributed by atoms with Gasteiger partial charge >= 0.3 is 0 Å². The molecule has 0 amide bonds. The first-order valence-electron chi connectivity index (χ1n) is 6.03. The fourth-order valence-electron chi connectivity index (χ4n) is 2.02. The lowest BCUT2D eigenvalue weighted by atomic mass is 10.3. The Bertz CT molecular complexity index is 515. The van der Waals surface area contributed by atoms with Crippen LogP contribution in [0.5, 0.6) is 5.75 Å². The number of methoxy groups -OCH3 is 1. The van der Waals surface area contributed by atoms with Crippen molar-refractivity contribution < 1.29 is 17.9 Å². The van der Waals surface area contributed by atoms with E-state index in [9.17, 15) is 8.42 Å². The number of morpholine rings is 1. The highest BCUT2D eigenvalue weighted by atomic mass is 32.2. The molecule has 19 heavy (non-hydrogen) atoms. The lowest BCUT2D eigenvalue weighted by Crippen LogP contribution is -2.51. The van der Waals surface area contributed by atoms with Gasteiger partial charge in [-0.3, -0.25) is 0 Å². The zero-order valence-electron chi connectivity index (χ0n) is 10.8. The first-order chi connectivity index (χ1) is 9.09. The molecule has 1 aromatic rings. The zero-order valence-corrected chi connectivity index (χ0v) is 11.6. The third-order valence-electron chi connectivity index (χ3n) is 3.11. The van der Waals surface area contributed by atoms with E-state index >= 15 is 0 Å². The van der Waals surface area contributed by atoms with Crippen LogP contribution < -0.4 is 10.5 Å². The Kier molecular flexibility index (Phi) is 4.41. The van der Waals surface area contributed by atoms with Crippen LogP contribution in [0.2, 0.25) is 0 Å². The van der Waals surface area contributed by atoms with Gasteiger partial charge in [0.2, 0.25) is 10.0 Å². The van der Waals surface area contributed by atoms with Gasteiger partial charge in [0.1, 0.15) is 5.75 Å². The van der Waals surface area contributed by atoms with Gasteiger partial charge in [-0.1, -0.05) is 0 Å². The molecule has 106 valence electrons. The summed E-state index contributed by atoms with van der Waals surface area (Å²) in [7, 11) is -1.99. The van der Waals surface area contributed by atoms with E-state index in [1.807, 2.05) is 0 Å². The Morgan fingerprint density at radius 1 is 1.42 bits per heavy atom. The van der Waals surface area contributed by atoms with Crippen molar-refractivity contribution in [3.63, 3.8) is 0 Å². The van der Waals surface area contributed by atoms with Crippen LogP contribution in [0.3, 0.4) is 0 Å². The van der Waals surface area contributed by atoms with E-state index in [0.717, 1.165) is 0 Å². The average molecular weight is 286 g/mol. The van der Waals surface area contributed by atoms with Crippen LogP contribution in [0.1, 0.15) is 0 Å². The third kappa shape index (κ3) is 2.89. The SMILES string of the molecule is COc1ccc(S(=O)(=O)N2CCOCC2CN)cc1. The Balaban J connectivity index is 2.29. The Morgan fingerprint density at radius 2 is 2.11 bits per heavy atom. The van der Waals surface area contributed by atoms with E-state index in [1.165, 1.54) is 23.5 Å². The molecule has 2 N–H and O–H groups in total. The first kappa shape index (κ1) is 14.3. The zero-order chi connectivity index (χ0) is 13.9. The summed E-state index contributed by atoms with van der Waals surface area (Å²) in [4.78, 5) is 0.244. The molecule has 6 nitrogen and oxygen atoms in total. The Labute approximate surface area is 113 Å². The van der Waals surface area contributed by atoms with Crippen molar-refractivity contribution in [1.29, 1.82) is 0 Å². The molecule has 1 atom stereocenters. The van der Waals surface area contributed by atoms with Crippen molar-refractivity contribution in [2.45, 2.75) is 10.9 Å². The minimum absolute atomic E-state index is 0.244. The van der Waals surface area contributed by atoms with Crippen LogP contribution in [0.15, 0.2) is 29.2 Å². The number of sulfonamides is 1. The van der Waals surface area contributed by atoms with Crippen molar-refractivity contribution in [1.82, 2.24) is 4.31 Å². The normalized spacial score (nSPS) is 21.3. The second kappa shape index (κ2) is 5.87. The van der Waals surface area contributed by atoms with Crippen molar-refractivity contribution in [3.8, 4) is 5.75 Å². The van der Waals surface area contributed by atoms with Crippen LogP contribution in [0, 0.1) is 0 Å². The van der Waals surface area contributed by atoms with Gasteiger partial charge in [0, 0.05) is 13.1 Å². The highest BCUT2D eigenvalue weighted by Gasteiger charge is 2.33. The van der Waals surface area contributed by atoms with Crippen LogP contribution in [-0.2, 0) is 14.8 Å². The molecule has 0 spiro atoms. The number of hydrogen-bond donors (Lipinski definition) is 1. The van der Waals surface area contributed by atoms with Crippen LogP contribution in [0.25, 0.3) is 0 Å². The van der Waals surface area contributed by atoms with E-state index < -0.39 is 10.0 Å². The summed E-state index contributed by atoms with van der Waals surface area (Å²) < 4.78 is 36.8. The summed E-state index contributed by atoms with van der Waals surface area (Å²) in [6.07, 6.45) is 0. The van der Waals surface area contributed by atoms with Gasteiger partial charge in [-0.2, -0.15) is 4.31 Å². The minimum atomic E-state index is -3.53.